The predicted octanol–water partition coefficient (Wildman–Crippen LogP) is 5.61. The molecule has 0 radical (unpaired) electrons. The standard InChI is InChI=1S/C21H26Si2/c1-17-11-12-20-18(13-15-22(2,3)4)9-8-10-21(20)19(17)14-16-23(5,6)7/h8-12H,1-7H3. The Morgan fingerprint density at radius 1 is 0.696 bits per heavy atom. The lowest BCUT2D eigenvalue weighted by atomic mass is 9.97. The first-order valence-electron chi connectivity index (χ1n) is 8.15. The second-order valence-corrected chi connectivity index (χ2v) is 17.7. The van der Waals surface area contributed by atoms with Gasteiger partial charge in [0.1, 0.15) is 16.1 Å². The van der Waals surface area contributed by atoms with Gasteiger partial charge in [-0.2, -0.15) is 0 Å². The van der Waals surface area contributed by atoms with Crippen molar-refractivity contribution >= 4 is 26.9 Å². The summed E-state index contributed by atoms with van der Waals surface area (Å²) in [5.41, 5.74) is 10.5. The van der Waals surface area contributed by atoms with Gasteiger partial charge in [-0.25, -0.2) is 0 Å². The highest BCUT2D eigenvalue weighted by Gasteiger charge is 2.11. The van der Waals surface area contributed by atoms with Gasteiger partial charge in [-0.15, -0.1) is 11.1 Å². The molecule has 0 saturated heterocycles. The quantitative estimate of drug-likeness (QED) is 0.434. The molecule has 0 saturated carbocycles. The van der Waals surface area contributed by atoms with Crippen molar-refractivity contribution in [2.24, 2.45) is 0 Å². The van der Waals surface area contributed by atoms with E-state index in [1.54, 1.807) is 0 Å². The van der Waals surface area contributed by atoms with Gasteiger partial charge in [-0.3, -0.25) is 0 Å². The summed E-state index contributed by atoms with van der Waals surface area (Å²) in [6.45, 7) is 15.8. The largest absolute Gasteiger partial charge is 0.129 e. The number of hydrogen-bond donors (Lipinski definition) is 0. The molecule has 0 aliphatic carbocycles. The number of hydrogen-bond acceptors (Lipinski definition) is 0. The Kier molecular flexibility index (Phi) is 4.90. The molecule has 23 heavy (non-hydrogen) atoms. The Labute approximate surface area is 143 Å². The molecule has 0 amide bonds. The fraction of sp³-hybridized carbons (Fsp3) is 0.333. The lowest BCUT2D eigenvalue weighted by molar-refractivity contribution is 1.47. The summed E-state index contributed by atoms with van der Waals surface area (Å²) < 4.78 is 0. The predicted molar refractivity (Wildman–Crippen MR) is 109 cm³/mol. The van der Waals surface area contributed by atoms with E-state index in [4.69, 9.17) is 0 Å². The second-order valence-electron chi connectivity index (χ2n) is 8.16. The van der Waals surface area contributed by atoms with Crippen molar-refractivity contribution in [3.63, 3.8) is 0 Å². The molecule has 0 aliphatic rings. The van der Waals surface area contributed by atoms with Gasteiger partial charge >= 0.3 is 0 Å². The molecule has 2 aromatic rings. The number of rotatable bonds is 0. The molecule has 0 aliphatic heterocycles. The lowest BCUT2D eigenvalue weighted by Crippen LogP contribution is -2.16. The van der Waals surface area contributed by atoms with E-state index in [0.717, 1.165) is 5.56 Å². The third-order valence-electron chi connectivity index (χ3n) is 3.40. The zero-order valence-electron chi connectivity index (χ0n) is 15.4. The molecule has 0 atom stereocenters. The third-order valence-corrected chi connectivity index (χ3v) is 5.15. The monoisotopic (exact) mass is 334 g/mol. The van der Waals surface area contributed by atoms with Crippen LogP contribution in [-0.4, -0.2) is 16.1 Å². The van der Waals surface area contributed by atoms with Crippen LogP contribution >= 0.6 is 0 Å². The first-order chi connectivity index (χ1) is 10.6. The fourth-order valence-corrected chi connectivity index (χ4v) is 3.26. The van der Waals surface area contributed by atoms with Crippen LogP contribution in [0.3, 0.4) is 0 Å². The van der Waals surface area contributed by atoms with Gasteiger partial charge < -0.3 is 0 Å². The molecule has 0 spiro atoms. The van der Waals surface area contributed by atoms with Crippen LogP contribution in [0.25, 0.3) is 10.8 Å². The summed E-state index contributed by atoms with van der Waals surface area (Å²) in [5.74, 6) is 6.89. The normalized spacial score (nSPS) is 11.4. The van der Waals surface area contributed by atoms with Crippen molar-refractivity contribution in [2.75, 3.05) is 0 Å². The van der Waals surface area contributed by atoms with E-state index >= 15 is 0 Å². The van der Waals surface area contributed by atoms with Crippen LogP contribution in [0.1, 0.15) is 16.7 Å². The average Bonchev–Trinajstić information content (AvgIpc) is 2.41. The van der Waals surface area contributed by atoms with Crippen LogP contribution in [0.15, 0.2) is 30.3 Å². The van der Waals surface area contributed by atoms with E-state index in [9.17, 15) is 0 Å². The topological polar surface area (TPSA) is 0 Å². The van der Waals surface area contributed by atoms with Crippen LogP contribution in [0.2, 0.25) is 39.3 Å². The summed E-state index contributed by atoms with van der Waals surface area (Å²) in [7, 11) is -2.76. The van der Waals surface area contributed by atoms with Gasteiger partial charge in [-0.05, 0) is 29.3 Å². The van der Waals surface area contributed by atoms with E-state index < -0.39 is 16.1 Å². The Balaban J connectivity index is 2.69. The molecule has 0 nitrogen and oxygen atoms in total. The summed E-state index contributed by atoms with van der Waals surface area (Å²) in [6.07, 6.45) is 0. The minimum atomic E-state index is -1.39. The fourth-order valence-electron chi connectivity index (χ4n) is 2.25. The Hall–Kier alpha value is -1.75. The first kappa shape index (κ1) is 17.6. The smallest absolute Gasteiger partial charge is 0.127 e. The highest BCUT2D eigenvalue weighted by atomic mass is 28.3. The molecule has 0 bridgehead atoms. The summed E-state index contributed by atoms with van der Waals surface area (Å²) in [6, 6.07) is 10.8. The molecule has 0 unspecified atom stereocenters. The maximum absolute atomic E-state index is 3.51. The van der Waals surface area contributed by atoms with E-state index in [1.807, 2.05) is 0 Å². The number of benzene rings is 2. The Bertz CT molecular complexity index is 855. The van der Waals surface area contributed by atoms with Crippen LogP contribution in [0.5, 0.6) is 0 Å². The zero-order valence-corrected chi connectivity index (χ0v) is 17.4. The minimum absolute atomic E-state index is 1.13. The van der Waals surface area contributed by atoms with E-state index in [2.05, 4.69) is 99.5 Å². The molecule has 2 aromatic carbocycles. The van der Waals surface area contributed by atoms with Gasteiger partial charge in [0.2, 0.25) is 0 Å². The molecule has 118 valence electrons. The van der Waals surface area contributed by atoms with Crippen molar-refractivity contribution in [3.05, 3.63) is 47.0 Å². The minimum Gasteiger partial charge on any atom is -0.127 e. The molecule has 0 heterocycles. The highest BCUT2D eigenvalue weighted by Crippen LogP contribution is 2.24. The lowest BCUT2D eigenvalue weighted by Gasteiger charge is -2.09. The van der Waals surface area contributed by atoms with Gasteiger partial charge in [0.15, 0.2) is 0 Å². The maximum Gasteiger partial charge on any atom is 0.129 e. The number of fused-ring (bicyclic) bond motifs is 1. The van der Waals surface area contributed by atoms with Crippen molar-refractivity contribution in [2.45, 2.75) is 46.2 Å². The molecule has 0 N–H and O–H groups in total. The zero-order chi connectivity index (χ0) is 17.3. The molecule has 2 rings (SSSR count). The maximum atomic E-state index is 3.51. The summed E-state index contributed by atoms with van der Waals surface area (Å²) in [4.78, 5) is 0. The van der Waals surface area contributed by atoms with Gasteiger partial charge in [0, 0.05) is 11.1 Å². The third kappa shape index (κ3) is 4.86. The van der Waals surface area contributed by atoms with Crippen LogP contribution < -0.4 is 0 Å². The van der Waals surface area contributed by atoms with Crippen LogP contribution in [0, 0.1) is 29.9 Å². The molecular formula is C21H26Si2. The SMILES string of the molecule is Cc1ccc2c(C#C[Si](C)(C)C)cccc2c1C#C[Si](C)(C)C. The molecular weight excluding hydrogens is 308 g/mol. The summed E-state index contributed by atoms with van der Waals surface area (Å²) in [5, 5.41) is 2.46. The van der Waals surface area contributed by atoms with Gasteiger partial charge in [0.05, 0.1) is 0 Å². The van der Waals surface area contributed by atoms with Crippen molar-refractivity contribution in [3.8, 4) is 22.9 Å². The van der Waals surface area contributed by atoms with Crippen LogP contribution in [0.4, 0.5) is 0 Å². The first-order valence-corrected chi connectivity index (χ1v) is 15.2. The number of aryl methyl sites for hydroxylation is 1. The van der Waals surface area contributed by atoms with Crippen LogP contribution in [-0.2, 0) is 0 Å². The molecule has 0 aromatic heterocycles. The van der Waals surface area contributed by atoms with E-state index in [0.29, 0.717) is 0 Å². The molecule has 2 heteroatoms. The van der Waals surface area contributed by atoms with Gasteiger partial charge in [0.25, 0.3) is 0 Å². The Morgan fingerprint density at radius 2 is 1.30 bits per heavy atom. The average molecular weight is 335 g/mol. The molecule has 0 fully saturated rings. The van der Waals surface area contributed by atoms with Crippen molar-refractivity contribution in [1.29, 1.82) is 0 Å². The Morgan fingerprint density at radius 3 is 1.91 bits per heavy atom. The van der Waals surface area contributed by atoms with E-state index in [1.165, 1.54) is 21.9 Å². The van der Waals surface area contributed by atoms with E-state index in [-0.39, 0.29) is 0 Å². The van der Waals surface area contributed by atoms with Crippen molar-refractivity contribution < 1.29 is 0 Å². The van der Waals surface area contributed by atoms with Crippen molar-refractivity contribution in [1.82, 2.24) is 0 Å². The van der Waals surface area contributed by atoms with Gasteiger partial charge in [-0.1, -0.05) is 75.4 Å². The second kappa shape index (κ2) is 6.40. The highest BCUT2D eigenvalue weighted by molar-refractivity contribution is 6.84. The summed E-state index contributed by atoms with van der Waals surface area (Å²) >= 11 is 0.